The summed E-state index contributed by atoms with van der Waals surface area (Å²) in [6.07, 6.45) is 0.879. The van der Waals surface area contributed by atoms with Crippen LogP contribution in [0, 0.1) is 21.8 Å². The molecule has 1 unspecified atom stereocenters. The molecule has 6 nitrogen and oxygen atoms in total. The molecule has 0 radical (unpaired) electrons. The topological polar surface area (TPSA) is 75.5 Å². The summed E-state index contributed by atoms with van der Waals surface area (Å²) in [6.45, 7) is 1.99. The van der Waals surface area contributed by atoms with Crippen LogP contribution >= 0.6 is 12.4 Å². The standard InChI is InChI=1S/C13H16FN3O3.ClH/c1-15-7-9-2-3-16(8-9)13(18)10-4-11(14)6-12(5-10)17(19)20;/h4-6,9,15H,2-3,7-8H2,1H3;1H. The second kappa shape index (κ2) is 7.33. The van der Waals surface area contributed by atoms with Gasteiger partial charge in [-0.2, -0.15) is 0 Å². The SMILES string of the molecule is CNCC1CCN(C(=O)c2cc(F)cc([N+](=O)[O-])c2)C1.Cl. The monoisotopic (exact) mass is 317 g/mol. The molecule has 1 fully saturated rings. The average Bonchev–Trinajstić information content (AvgIpc) is 2.86. The van der Waals surface area contributed by atoms with Crippen molar-refractivity contribution >= 4 is 24.0 Å². The van der Waals surface area contributed by atoms with Crippen LogP contribution in [0.1, 0.15) is 16.8 Å². The average molecular weight is 318 g/mol. The smallest absolute Gasteiger partial charge is 0.273 e. The van der Waals surface area contributed by atoms with E-state index < -0.39 is 16.4 Å². The van der Waals surface area contributed by atoms with Gasteiger partial charge < -0.3 is 10.2 Å². The largest absolute Gasteiger partial charge is 0.338 e. The van der Waals surface area contributed by atoms with Gasteiger partial charge in [-0.3, -0.25) is 14.9 Å². The van der Waals surface area contributed by atoms with Gasteiger partial charge in [-0.1, -0.05) is 0 Å². The number of nitrogens with zero attached hydrogens (tertiary/aromatic N) is 2. The molecule has 1 heterocycles. The Labute approximate surface area is 127 Å². The third-order valence-electron chi connectivity index (χ3n) is 3.41. The van der Waals surface area contributed by atoms with Crippen molar-refractivity contribution in [1.82, 2.24) is 10.2 Å². The number of carbonyl (C=O) groups excluding carboxylic acids is 1. The highest BCUT2D eigenvalue weighted by Gasteiger charge is 2.27. The van der Waals surface area contributed by atoms with Crippen molar-refractivity contribution in [2.45, 2.75) is 6.42 Å². The van der Waals surface area contributed by atoms with Gasteiger partial charge in [-0.25, -0.2) is 4.39 Å². The number of non-ortho nitro benzene ring substituents is 1. The van der Waals surface area contributed by atoms with Crippen molar-refractivity contribution < 1.29 is 14.1 Å². The van der Waals surface area contributed by atoms with E-state index in [4.69, 9.17) is 0 Å². The number of nitro groups is 1. The summed E-state index contributed by atoms with van der Waals surface area (Å²) < 4.78 is 13.3. The van der Waals surface area contributed by atoms with Crippen molar-refractivity contribution in [3.05, 3.63) is 39.7 Å². The molecule has 116 valence electrons. The third kappa shape index (κ3) is 4.12. The van der Waals surface area contributed by atoms with E-state index in [9.17, 15) is 19.3 Å². The molecule has 1 amide bonds. The number of halogens is 2. The van der Waals surface area contributed by atoms with E-state index in [-0.39, 0.29) is 23.9 Å². The first-order chi connectivity index (χ1) is 9.51. The Hall–Kier alpha value is -1.73. The molecule has 1 aromatic carbocycles. The van der Waals surface area contributed by atoms with Crippen LogP contribution in [-0.2, 0) is 0 Å². The number of carbonyl (C=O) groups is 1. The van der Waals surface area contributed by atoms with Crippen LogP contribution in [0.5, 0.6) is 0 Å². The van der Waals surface area contributed by atoms with Crippen molar-refractivity contribution in [3.63, 3.8) is 0 Å². The van der Waals surface area contributed by atoms with Gasteiger partial charge in [0.05, 0.1) is 11.0 Å². The summed E-state index contributed by atoms with van der Waals surface area (Å²) in [7, 11) is 1.85. The quantitative estimate of drug-likeness (QED) is 0.679. The molecule has 1 aromatic rings. The van der Waals surface area contributed by atoms with Crippen LogP contribution < -0.4 is 5.32 Å². The maximum Gasteiger partial charge on any atom is 0.273 e. The summed E-state index contributed by atoms with van der Waals surface area (Å²) in [5.74, 6) is -0.757. The number of hydrogen-bond acceptors (Lipinski definition) is 4. The highest BCUT2D eigenvalue weighted by Crippen LogP contribution is 2.21. The zero-order valence-corrected chi connectivity index (χ0v) is 12.4. The molecule has 1 saturated heterocycles. The summed E-state index contributed by atoms with van der Waals surface area (Å²) >= 11 is 0. The first kappa shape index (κ1) is 17.3. The first-order valence-electron chi connectivity index (χ1n) is 6.40. The lowest BCUT2D eigenvalue weighted by molar-refractivity contribution is -0.385. The van der Waals surface area contributed by atoms with Crippen LogP contribution in [-0.4, -0.2) is 42.4 Å². The van der Waals surface area contributed by atoms with Gasteiger partial charge in [0.1, 0.15) is 5.82 Å². The van der Waals surface area contributed by atoms with Crippen molar-refractivity contribution in [2.24, 2.45) is 5.92 Å². The van der Waals surface area contributed by atoms with Gasteiger partial charge in [-0.05, 0) is 32.0 Å². The molecule has 8 heteroatoms. The lowest BCUT2D eigenvalue weighted by Crippen LogP contribution is -2.30. The van der Waals surface area contributed by atoms with Crippen molar-refractivity contribution in [3.8, 4) is 0 Å². The second-order valence-electron chi connectivity index (χ2n) is 4.92. The Morgan fingerprint density at radius 2 is 2.24 bits per heavy atom. The van der Waals surface area contributed by atoms with Crippen molar-refractivity contribution in [1.29, 1.82) is 0 Å². The van der Waals surface area contributed by atoms with Crippen LogP contribution in [0.15, 0.2) is 18.2 Å². The molecule has 0 aliphatic carbocycles. The Morgan fingerprint density at radius 3 is 2.86 bits per heavy atom. The molecule has 0 bridgehead atoms. The summed E-state index contributed by atoms with van der Waals surface area (Å²) in [5.41, 5.74) is -0.374. The molecule has 0 aromatic heterocycles. The normalized spacial score (nSPS) is 17.4. The number of amides is 1. The van der Waals surface area contributed by atoms with Crippen LogP contribution in [0.2, 0.25) is 0 Å². The Kier molecular flexibility index (Phi) is 6.04. The molecular formula is C13H17ClFN3O3. The first-order valence-corrected chi connectivity index (χ1v) is 6.40. The van der Waals surface area contributed by atoms with Gasteiger partial charge in [0, 0.05) is 24.7 Å². The number of rotatable bonds is 4. The Morgan fingerprint density at radius 1 is 1.52 bits per heavy atom. The zero-order valence-electron chi connectivity index (χ0n) is 11.5. The third-order valence-corrected chi connectivity index (χ3v) is 3.41. The molecular weight excluding hydrogens is 301 g/mol. The fraction of sp³-hybridized carbons (Fsp3) is 0.462. The summed E-state index contributed by atoms with van der Waals surface area (Å²) in [6, 6.07) is 2.97. The maximum atomic E-state index is 13.3. The van der Waals surface area contributed by atoms with Crippen LogP contribution in [0.3, 0.4) is 0 Å². The van der Waals surface area contributed by atoms with Gasteiger partial charge in [0.25, 0.3) is 11.6 Å². The molecule has 0 spiro atoms. The van der Waals surface area contributed by atoms with Gasteiger partial charge in [0.2, 0.25) is 0 Å². The molecule has 1 N–H and O–H groups in total. The number of likely N-dealkylation sites (tertiary alicyclic amines) is 1. The van der Waals surface area contributed by atoms with E-state index >= 15 is 0 Å². The Bertz CT molecular complexity index is 541. The second-order valence-corrected chi connectivity index (χ2v) is 4.92. The van der Waals surface area contributed by atoms with E-state index in [0.717, 1.165) is 31.2 Å². The minimum Gasteiger partial charge on any atom is -0.338 e. The molecule has 2 rings (SSSR count). The van der Waals surface area contributed by atoms with Crippen LogP contribution in [0.25, 0.3) is 0 Å². The van der Waals surface area contributed by atoms with Crippen LogP contribution in [0.4, 0.5) is 10.1 Å². The van der Waals surface area contributed by atoms with Gasteiger partial charge in [-0.15, -0.1) is 12.4 Å². The predicted molar refractivity (Wildman–Crippen MR) is 78.2 cm³/mol. The van der Waals surface area contributed by atoms with Gasteiger partial charge in [0.15, 0.2) is 0 Å². The molecule has 21 heavy (non-hydrogen) atoms. The fourth-order valence-electron chi connectivity index (χ4n) is 2.46. The summed E-state index contributed by atoms with van der Waals surface area (Å²) in [4.78, 5) is 23.8. The van der Waals surface area contributed by atoms with Crippen molar-refractivity contribution in [2.75, 3.05) is 26.7 Å². The number of benzene rings is 1. The van der Waals surface area contributed by atoms with E-state index in [1.807, 2.05) is 7.05 Å². The lowest BCUT2D eigenvalue weighted by atomic mass is 10.1. The minimum atomic E-state index is -0.770. The minimum absolute atomic E-state index is 0. The van der Waals surface area contributed by atoms with E-state index in [0.29, 0.717) is 19.0 Å². The molecule has 0 saturated carbocycles. The highest BCUT2D eigenvalue weighted by atomic mass is 35.5. The number of nitrogens with one attached hydrogen (secondary N) is 1. The molecule has 1 atom stereocenters. The maximum absolute atomic E-state index is 13.3. The number of hydrogen-bond donors (Lipinski definition) is 1. The molecule has 1 aliphatic rings. The Balaban J connectivity index is 0.00000220. The fourth-order valence-corrected chi connectivity index (χ4v) is 2.46. The molecule has 1 aliphatic heterocycles. The highest BCUT2D eigenvalue weighted by molar-refractivity contribution is 5.95. The number of nitro benzene ring substituents is 1. The van der Waals surface area contributed by atoms with E-state index in [1.54, 1.807) is 4.90 Å². The van der Waals surface area contributed by atoms with E-state index in [1.165, 1.54) is 0 Å². The van der Waals surface area contributed by atoms with E-state index in [2.05, 4.69) is 5.32 Å². The van der Waals surface area contributed by atoms with Gasteiger partial charge >= 0.3 is 0 Å². The predicted octanol–water partition coefficient (Wildman–Crippen LogP) is 1.84. The lowest BCUT2D eigenvalue weighted by Gasteiger charge is -2.16. The zero-order chi connectivity index (χ0) is 14.7. The summed E-state index contributed by atoms with van der Waals surface area (Å²) in [5, 5.41) is 13.7.